The van der Waals surface area contributed by atoms with Crippen molar-refractivity contribution in [2.24, 2.45) is 5.73 Å². The van der Waals surface area contributed by atoms with Gasteiger partial charge >= 0.3 is 0 Å². The fourth-order valence-electron chi connectivity index (χ4n) is 2.32. The summed E-state index contributed by atoms with van der Waals surface area (Å²) in [5, 5.41) is 9.87. The highest BCUT2D eigenvalue weighted by molar-refractivity contribution is 6.10. The standard InChI is InChI=1S/C16H22N4/c1-19(2)10-11-20(3)15-9-8-14(16(17)18)12-6-4-5-7-13(12)15/h4-9H,10-11H2,1-3H3,(H3,17,18). The van der Waals surface area contributed by atoms with E-state index in [0.717, 1.165) is 29.4 Å². The predicted molar refractivity (Wildman–Crippen MR) is 86.8 cm³/mol. The van der Waals surface area contributed by atoms with Gasteiger partial charge in [0.1, 0.15) is 5.84 Å². The zero-order valence-corrected chi connectivity index (χ0v) is 12.4. The predicted octanol–water partition coefficient (Wildman–Crippen LogP) is 2.12. The highest BCUT2D eigenvalue weighted by atomic mass is 15.2. The molecule has 0 atom stereocenters. The Morgan fingerprint density at radius 2 is 1.65 bits per heavy atom. The molecule has 106 valence electrons. The van der Waals surface area contributed by atoms with Crippen molar-refractivity contribution in [3.05, 3.63) is 42.0 Å². The zero-order valence-electron chi connectivity index (χ0n) is 12.4. The molecular formula is C16H22N4. The Hall–Kier alpha value is -2.07. The van der Waals surface area contributed by atoms with Crippen LogP contribution in [0.2, 0.25) is 0 Å². The maximum Gasteiger partial charge on any atom is 0.123 e. The second-order valence-corrected chi connectivity index (χ2v) is 5.32. The summed E-state index contributed by atoms with van der Waals surface area (Å²) in [4.78, 5) is 4.41. The maximum atomic E-state index is 7.69. The van der Waals surface area contributed by atoms with E-state index in [1.54, 1.807) is 0 Å². The van der Waals surface area contributed by atoms with Gasteiger partial charge < -0.3 is 15.5 Å². The van der Waals surface area contributed by atoms with E-state index < -0.39 is 0 Å². The van der Waals surface area contributed by atoms with Crippen LogP contribution in [0.3, 0.4) is 0 Å². The third-order valence-corrected chi connectivity index (χ3v) is 3.49. The van der Waals surface area contributed by atoms with E-state index in [1.165, 1.54) is 5.69 Å². The normalized spacial score (nSPS) is 11.0. The smallest absolute Gasteiger partial charge is 0.123 e. The number of rotatable bonds is 5. The van der Waals surface area contributed by atoms with Gasteiger partial charge in [-0.25, -0.2) is 0 Å². The van der Waals surface area contributed by atoms with E-state index in [4.69, 9.17) is 11.1 Å². The molecule has 4 nitrogen and oxygen atoms in total. The summed E-state index contributed by atoms with van der Waals surface area (Å²) >= 11 is 0. The minimum absolute atomic E-state index is 0.115. The van der Waals surface area contributed by atoms with Crippen molar-refractivity contribution in [2.75, 3.05) is 39.1 Å². The molecule has 3 N–H and O–H groups in total. The third kappa shape index (κ3) is 2.91. The summed E-state index contributed by atoms with van der Waals surface area (Å²) in [6.07, 6.45) is 0. The first-order valence-electron chi connectivity index (χ1n) is 6.72. The van der Waals surface area contributed by atoms with Gasteiger partial charge in [0, 0.05) is 36.8 Å². The van der Waals surface area contributed by atoms with E-state index in [9.17, 15) is 0 Å². The molecule has 0 bridgehead atoms. The zero-order chi connectivity index (χ0) is 14.7. The van der Waals surface area contributed by atoms with Crippen LogP contribution in [0.1, 0.15) is 5.56 Å². The number of hydrogen-bond donors (Lipinski definition) is 2. The van der Waals surface area contributed by atoms with Crippen LogP contribution in [0.15, 0.2) is 36.4 Å². The third-order valence-electron chi connectivity index (χ3n) is 3.49. The van der Waals surface area contributed by atoms with Gasteiger partial charge in [0.05, 0.1) is 0 Å². The number of nitrogens with two attached hydrogens (primary N) is 1. The lowest BCUT2D eigenvalue weighted by atomic mass is 10.0. The number of amidine groups is 1. The van der Waals surface area contributed by atoms with Gasteiger partial charge in [-0.2, -0.15) is 0 Å². The topological polar surface area (TPSA) is 56.4 Å². The molecule has 0 aliphatic heterocycles. The van der Waals surface area contributed by atoms with Crippen LogP contribution in [0.25, 0.3) is 10.8 Å². The van der Waals surface area contributed by atoms with E-state index in [-0.39, 0.29) is 5.84 Å². The Morgan fingerprint density at radius 3 is 2.25 bits per heavy atom. The minimum atomic E-state index is 0.115. The van der Waals surface area contributed by atoms with Crippen LogP contribution in [0.5, 0.6) is 0 Å². The molecule has 4 heteroatoms. The van der Waals surface area contributed by atoms with Crippen LogP contribution in [0.4, 0.5) is 5.69 Å². The summed E-state index contributed by atoms with van der Waals surface area (Å²) in [6.45, 7) is 1.95. The minimum Gasteiger partial charge on any atom is -0.384 e. The number of nitrogens with one attached hydrogen (secondary N) is 1. The van der Waals surface area contributed by atoms with E-state index in [0.29, 0.717) is 0 Å². The molecule has 20 heavy (non-hydrogen) atoms. The quantitative estimate of drug-likeness (QED) is 0.646. The van der Waals surface area contributed by atoms with Crippen molar-refractivity contribution in [1.82, 2.24) is 4.90 Å². The Bertz CT molecular complexity index is 619. The van der Waals surface area contributed by atoms with Crippen molar-refractivity contribution < 1.29 is 0 Å². The summed E-state index contributed by atoms with van der Waals surface area (Å²) in [5.41, 5.74) is 7.64. The molecule has 0 aliphatic carbocycles. The lowest BCUT2D eigenvalue weighted by molar-refractivity contribution is 0.416. The molecule has 0 amide bonds. The maximum absolute atomic E-state index is 7.69. The van der Waals surface area contributed by atoms with Gasteiger partial charge in [-0.1, -0.05) is 24.3 Å². The summed E-state index contributed by atoms with van der Waals surface area (Å²) < 4.78 is 0. The van der Waals surface area contributed by atoms with Gasteiger partial charge in [0.2, 0.25) is 0 Å². The lowest BCUT2D eigenvalue weighted by Crippen LogP contribution is -2.28. The molecule has 2 aromatic rings. The first-order chi connectivity index (χ1) is 9.50. The Balaban J connectivity index is 2.45. The molecule has 2 rings (SSSR count). The molecule has 0 spiro atoms. The van der Waals surface area contributed by atoms with Crippen LogP contribution >= 0.6 is 0 Å². The molecule has 2 aromatic carbocycles. The van der Waals surface area contributed by atoms with Gasteiger partial charge in [-0.3, -0.25) is 5.41 Å². The fraction of sp³-hybridized carbons (Fsp3) is 0.312. The molecule has 0 radical (unpaired) electrons. The molecule has 0 heterocycles. The van der Waals surface area contributed by atoms with Gasteiger partial charge in [-0.05, 0) is 31.6 Å². The monoisotopic (exact) mass is 270 g/mol. The number of likely N-dealkylation sites (N-methyl/N-ethyl adjacent to an activating group) is 2. The number of nitrogens with zero attached hydrogens (tertiary/aromatic N) is 2. The molecule has 0 fully saturated rings. The number of nitrogen functional groups attached to an aromatic ring is 1. The lowest BCUT2D eigenvalue weighted by Gasteiger charge is -2.23. The molecule has 0 aliphatic rings. The van der Waals surface area contributed by atoms with Crippen LogP contribution in [0, 0.1) is 5.41 Å². The van der Waals surface area contributed by atoms with Gasteiger partial charge in [-0.15, -0.1) is 0 Å². The number of anilines is 1. The van der Waals surface area contributed by atoms with Crippen molar-refractivity contribution in [1.29, 1.82) is 5.41 Å². The van der Waals surface area contributed by atoms with Crippen LogP contribution in [-0.2, 0) is 0 Å². The SMILES string of the molecule is CN(C)CCN(C)c1ccc(C(=N)N)c2ccccc12. The van der Waals surface area contributed by atoms with Gasteiger partial charge in [0.25, 0.3) is 0 Å². The first kappa shape index (κ1) is 14.3. The molecular weight excluding hydrogens is 248 g/mol. The van der Waals surface area contributed by atoms with Crippen LogP contribution in [-0.4, -0.2) is 45.0 Å². The average Bonchev–Trinajstić information content (AvgIpc) is 2.43. The summed E-state index contributed by atoms with van der Waals surface area (Å²) in [6, 6.07) is 12.1. The Morgan fingerprint density at radius 1 is 1.00 bits per heavy atom. The highest BCUT2D eigenvalue weighted by Crippen LogP contribution is 2.28. The summed E-state index contributed by atoms with van der Waals surface area (Å²) in [7, 11) is 6.24. The number of hydrogen-bond acceptors (Lipinski definition) is 3. The Kier molecular flexibility index (Phi) is 4.25. The van der Waals surface area contributed by atoms with E-state index in [2.05, 4.69) is 43.1 Å². The van der Waals surface area contributed by atoms with Gasteiger partial charge in [0.15, 0.2) is 0 Å². The fourth-order valence-corrected chi connectivity index (χ4v) is 2.32. The summed E-state index contributed by atoms with van der Waals surface area (Å²) in [5.74, 6) is 0.115. The van der Waals surface area contributed by atoms with E-state index >= 15 is 0 Å². The second kappa shape index (κ2) is 5.92. The van der Waals surface area contributed by atoms with Crippen molar-refractivity contribution in [2.45, 2.75) is 0 Å². The average molecular weight is 270 g/mol. The van der Waals surface area contributed by atoms with Crippen molar-refractivity contribution >= 4 is 22.3 Å². The molecule has 0 saturated heterocycles. The van der Waals surface area contributed by atoms with Crippen molar-refractivity contribution in [3.63, 3.8) is 0 Å². The first-order valence-corrected chi connectivity index (χ1v) is 6.72. The Labute approximate surface area is 120 Å². The highest BCUT2D eigenvalue weighted by Gasteiger charge is 2.10. The molecule has 0 unspecified atom stereocenters. The molecule has 0 aromatic heterocycles. The second-order valence-electron chi connectivity index (χ2n) is 5.32. The van der Waals surface area contributed by atoms with Crippen molar-refractivity contribution in [3.8, 4) is 0 Å². The number of fused-ring (bicyclic) bond motifs is 1. The van der Waals surface area contributed by atoms with E-state index in [1.807, 2.05) is 24.3 Å². The molecule has 0 saturated carbocycles. The largest absolute Gasteiger partial charge is 0.384 e. The number of benzene rings is 2. The van der Waals surface area contributed by atoms with Crippen LogP contribution < -0.4 is 10.6 Å².